The second kappa shape index (κ2) is 7.63. The van der Waals surface area contributed by atoms with Crippen LogP contribution in [0.5, 0.6) is 5.75 Å². The fourth-order valence-corrected chi connectivity index (χ4v) is 6.46. The van der Waals surface area contributed by atoms with Crippen molar-refractivity contribution in [3.05, 3.63) is 24.3 Å². The summed E-state index contributed by atoms with van der Waals surface area (Å²) in [7, 11) is 1.78. The van der Waals surface area contributed by atoms with E-state index in [1.807, 2.05) is 0 Å². The molecule has 0 N–H and O–H groups in total. The number of hydrogen-bond acceptors (Lipinski definition) is 4. The third-order valence-electron chi connectivity index (χ3n) is 7.93. The Bertz CT molecular complexity index is 634. The number of piperazine rings is 1. The van der Waals surface area contributed by atoms with Gasteiger partial charge < -0.3 is 9.64 Å². The number of rotatable bonds is 4. The predicted molar refractivity (Wildman–Crippen MR) is 111 cm³/mol. The van der Waals surface area contributed by atoms with Gasteiger partial charge in [0.05, 0.1) is 12.8 Å². The van der Waals surface area contributed by atoms with E-state index in [1.165, 1.54) is 70.4 Å². The largest absolute Gasteiger partial charge is 0.495 e. The number of methoxy groups -OCH3 is 1. The van der Waals surface area contributed by atoms with Gasteiger partial charge in [-0.3, -0.25) is 9.80 Å². The molecule has 3 atom stereocenters. The molecular formula is C23H35N3O. The molecule has 4 heteroatoms. The zero-order chi connectivity index (χ0) is 18.2. The maximum atomic E-state index is 5.56. The average Bonchev–Trinajstić information content (AvgIpc) is 3.38. The summed E-state index contributed by atoms with van der Waals surface area (Å²) in [4.78, 5) is 8.13. The summed E-state index contributed by atoms with van der Waals surface area (Å²) >= 11 is 0. The molecule has 0 unspecified atom stereocenters. The molecule has 1 aromatic carbocycles. The van der Waals surface area contributed by atoms with Gasteiger partial charge in [-0.1, -0.05) is 18.6 Å². The molecule has 0 amide bonds. The second-order valence-electron chi connectivity index (χ2n) is 9.20. The zero-order valence-electron chi connectivity index (χ0n) is 16.9. The third kappa shape index (κ3) is 3.47. The molecule has 0 spiro atoms. The Hall–Kier alpha value is -1.26. The number of nitrogens with zero attached hydrogens (tertiary/aromatic N) is 3. The first-order chi connectivity index (χ1) is 13.3. The Morgan fingerprint density at radius 2 is 1.59 bits per heavy atom. The highest BCUT2D eigenvalue weighted by Gasteiger charge is 2.43. The van der Waals surface area contributed by atoms with Crippen LogP contribution in [0.3, 0.4) is 0 Å². The second-order valence-corrected chi connectivity index (χ2v) is 9.20. The Kier molecular flexibility index (Phi) is 5.04. The molecule has 0 radical (unpaired) electrons. The first kappa shape index (κ1) is 17.8. The van der Waals surface area contributed by atoms with E-state index in [2.05, 4.69) is 39.0 Å². The fourth-order valence-electron chi connectivity index (χ4n) is 6.46. The fraction of sp³-hybridized carbons (Fsp3) is 0.739. The Balaban J connectivity index is 1.12. The zero-order valence-corrected chi connectivity index (χ0v) is 16.9. The summed E-state index contributed by atoms with van der Waals surface area (Å²) in [6.45, 7) is 7.30. The number of anilines is 1. The van der Waals surface area contributed by atoms with Crippen molar-refractivity contribution >= 4 is 5.69 Å². The van der Waals surface area contributed by atoms with Crippen molar-refractivity contribution in [2.45, 2.75) is 50.6 Å². The van der Waals surface area contributed by atoms with Gasteiger partial charge in [-0.25, -0.2) is 0 Å². The predicted octanol–water partition coefficient (Wildman–Crippen LogP) is 3.47. The van der Waals surface area contributed by atoms with Gasteiger partial charge in [0.1, 0.15) is 5.75 Å². The number of para-hydroxylation sites is 2. The van der Waals surface area contributed by atoms with Gasteiger partial charge >= 0.3 is 0 Å². The van der Waals surface area contributed by atoms with E-state index in [0.29, 0.717) is 0 Å². The lowest BCUT2D eigenvalue weighted by Gasteiger charge is -2.45. The first-order valence-corrected chi connectivity index (χ1v) is 11.2. The Labute approximate surface area is 164 Å². The quantitative estimate of drug-likeness (QED) is 0.809. The molecule has 1 aromatic rings. The minimum absolute atomic E-state index is 0.805. The first-order valence-electron chi connectivity index (χ1n) is 11.2. The molecule has 4 fully saturated rings. The van der Waals surface area contributed by atoms with Gasteiger partial charge in [0.25, 0.3) is 0 Å². The van der Waals surface area contributed by atoms with Crippen LogP contribution in [0, 0.1) is 11.8 Å². The van der Waals surface area contributed by atoms with Crippen LogP contribution >= 0.6 is 0 Å². The van der Waals surface area contributed by atoms with Gasteiger partial charge in [0.2, 0.25) is 0 Å². The molecule has 2 heterocycles. The normalized spacial score (nSPS) is 32.9. The number of benzene rings is 1. The maximum absolute atomic E-state index is 5.56. The van der Waals surface area contributed by atoms with Gasteiger partial charge in [-0.15, -0.1) is 0 Å². The van der Waals surface area contributed by atoms with Crippen molar-refractivity contribution in [1.82, 2.24) is 9.80 Å². The van der Waals surface area contributed by atoms with Crippen LogP contribution in [0.15, 0.2) is 24.3 Å². The highest BCUT2D eigenvalue weighted by Crippen LogP contribution is 2.47. The van der Waals surface area contributed by atoms with Crippen molar-refractivity contribution in [2.75, 3.05) is 51.3 Å². The number of hydrogen-bond donors (Lipinski definition) is 0. The van der Waals surface area contributed by atoms with Crippen LogP contribution in [0.1, 0.15) is 38.5 Å². The molecule has 0 aromatic heterocycles. The van der Waals surface area contributed by atoms with E-state index in [0.717, 1.165) is 42.8 Å². The monoisotopic (exact) mass is 369 g/mol. The van der Waals surface area contributed by atoms with Crippen molar-refractivity contribution in [3.8, 4) is 5.75 Å². The standard InChI is InChI=1S/C23H35N3O/c1-27-23-5-3-2-4-21(23)26-14-12-24(13-15-26)20-8-10-25(11-9-20)22-17-18-6-7-19(22)16-18/h2-5,18-20,22H,6-17H2,1H3/t18-,19+,22+/m1/s1. The van der Waals surface area contributed by atoms with E-state index < -0.39 is 0 Å². The highest BCUT2D eigenvalue weighted by molar-refractivity contribution is 5.58. The summed E-state index contributed by atoms with van der Waals surface area (Å²) in [6.07, 6.45) is 8.84. The van der Waals surface area contributed by atoms with Crippen molar-refractivity contribution in [3.63, 3.8) is 0 Å². The lowest BCUT2D eigenvalue weighted by Crippen LogP contribution is -2.54. The molecule has 4 nitrogen and oxygen atoms in total. The van der Waals surface area contributed by atoms with Crippen molar-refractivity contribution in [2.24, 2.45) is 11.8 Å². The smallest absolute Gasteiger partial charge is 0.142 e. The van der Waals surface area contributed by atoms with E-state index in [4.69, 9.17) is 4.74 Å². The van der Waals surface area contributed by atoms with E-state index in [9.17, 15) is 0 Å². The molecule has 2 aliphatic heterocycles. The van der Waals surface area contributed by atoms with Gasteiger partial charge in [-0.2, -0.15) is 0 Å². The molecule has 4 aliphatic rings. The van der Waals surface area contributed by atoms with Crippen LogP contribution in [-0.4, -0.2) is 68.3 Å². The topological polar surface area (TPSA) is 19.0 Å². The molecule has 2 saturated heterocycles. The van der Waals surface area contributed by atoms with Gasteiger partial charge in [0, 0.05) is 38.3 Å². The van der Waals surface area contributed by atoms with Crippen molar-refractivity contribution in [1.29, 1.82) is 0 Å². The molecule has 2 aliphatic carbocycles. The molecular weight excluding hydrogens is 334 g/mol. The molecule has 2 bridgehead atoms. The van der Waals surface area contributed by atoms with Crippen LogP contribution < -0.4 is 9.64 Å². The van der Waals surface area contributed by atoms with Crippen LogP contribution in [0.25, 0.3) is 0 Å². The minimum atomic E-state index is 0.805. The van der Waals surface area contributed by atoms with Crippen LogP contribution in [-0.2, 0) is 0 Å². The average molecular weight is 370 g/mol. The van der Waals surface area contributed by atoms with Crippen molar-refractivity contribution < 1.29 is 4.74 Å². The molecule has 5 rings (SSSR count). The summed E-state index contributed by atoms with van der Waals surface area (Å²) in [6, 6.07) is 10.2. The minimum Gasteiger partial charge on any atom is -0.495 e. The summed E-state index contributed by atoms with van der Waals surface area (Å²) in [5.41, 5.74) is 1.26. The Morgan fingerprint density at radius 1 is 0.815 bits per heavy atom. The Morgan fingerprint density at radius 3 is 2.26 bits per heavy atom. The molecule has 2 saturated carbocycles. The van der Waals surface area contributed by atoms with E-state index >= 15 is 0 Å². The number of ether oxygens (including phenoxy) is 1. The van der Waals surface area contributed by atoms with Gasteiger partial charge in [-0.05, 0) is 69.2 Å². The lowest BCUT2D eigenvalue weighted by atomic mass is 9.91. The van der Waals surface area contributed by atoms with E-state index in [1.54, 1.807) is 7.11 Å². The SMILES string of the molecule is COc1ccccc1N1CCN(C2CCN([C@H]3C[C@@H]4CC[C@H]3C4)CC2)CC1. The molecule has 27 heavy (non-hydrogen) atoms. The summed E-state index contributed by atoms with van der Waals surface area (Å²) < 4.78 is 5.56. The highest BCUT2D eigenvalue weighted by atomic mass is 16.5. The number of piperidine rings is 1. The lowest BCUT2D eigenvalue weighted by molar-refractivity contribution is 0.0617. The summed E-state index contributed by atoms with van der Waals surface area (Å²) in [5.74, 6) is 3.11. The van der Waals surface area contributed by atoms with E-state index in [-0.39, 0.29) is 0 Å². The molecule has 148 valence electrons. The number of fused-ring (bicyclic) bond motifs is 2. The maximum Gasteiger partial charge on any atom is 0.142 e. The summed E-state index contributed by atoms with van der Waals surface area (Å²) in [5, 5.41) is 0. The van der Waals surface area contributed by atoms with Crippen LogP contribution in [0.4, 0.5) is 5.69 Å². The van der Waals surface area contributed by atoms with Gasteiger partial charge in [0.15, 0.2) is 0 Å². The number of likely N-dealkylation sites (tertiary alicyclic amines) is 1. The third-order valence-corrected chi connectivity index (χ3v) is 7.93. The van der Waals surface area contributed by atoms with Crippen LogP contribution in [0.2, 0.25) is 0 Å².